The van der Waals surface area contributed by atoms with Crippen molar-refractivity contribution in [2.45, 2.75) is 44.4 Å². The average Bonchev–Trinajstić information content (AvgIpc) is 2.87. The fourth-order valence-corrected chi connectivity index (χ4v) is 4.60. The van der Waals surface area contributed by atoms with E-state index < -0.39 is 0 Å². The molecule has 1 saturated carbocycles. The van der Waals surface area contributed by atoms with E-state index in [-0.39, 0.29) is 0 Å². The molecule has 1 heteroatoms. The molecule has 0 N–H and O–H groups in total. The van der Waals surface area contributed by atoms with Gasteiger partial charge in [-0.25, -0.2) is 0 Å². The van der Waals surface area contributed by atoms with E-state index in [1.54, 1.807) is 12.1 Å². The average molecular weight is 416 g/mol. The van der Waals surface area contributed by atoms with E-state index in [2.05, 4.69) is 79.1 Å². The molecule has 32 heavy (non-hydrogen) atoms. The van der Waals surface area contributed by atoms with Crippen molar-refractivity contribution in [1.82, 2.24) is 0 Å². The largest absolute Gasteiger partial charge is 0.192 e. The van der Waals surface area contributed by atoms with E-state index >= 15 is 0 Å². The highest BCUT2D eigenvalue weighted by Gasteiger charge is 2.21. The molecule has 1 aliphatic rings. The predicted molar refractivity (Wildman–Crippen MR) is 133 cm³/mol. The van der Waals surface area contributed by atoms with Gasteiger partial charge in [0.25, 0.3) is 0 Å². The molecule has 0 bridgehead atoms. The Labute approximate surface area is 192 Å². The summed E-state index contributed by atoms with van der Waals surface area (Å²) in [5.74, 6) is 7.98. The van der Waals surface area contributed by atoms with Gasteiger partial charge in [0.2, 0.25) is 0 Å². The standard InChI is InChI=1S/C31H29N/c1-2-3-4-24-11-15-28(16-12-24)30-19-21-31(22-20-30)29-17-13-26(14-18-29)6-5-25-7-9-27(23-32)10-8-25/h2,7-10,13-14,17-22,24,28H,1,3-4,11-12,15-16H2. The van der Waals surface area contributed by atoms with Crippen LogP contribution in [-0.4, -0.2) is 0 Å². The minimum Gasteiger partial charge on any atom is -0.192 e. The molecule has 0 saturated heterocycles. The number of hydrogen-bond donors (Lipinski definition) is 0. The summed E-state index contributed by atoms with van der Waals surface area (Å²) in [6.45, 7) is 3.86. The number of hydrogen-bond acceptors (Lipinski definition) is 1. The lowest BCUT2D eigenvalue weighted by molar-refractivity contribution is 0.312. The van der Waals surface area contributed by atoms with Gasteiger partial charge in [0.15, 0.2) is 0 Å². The highest BCUT2D eigenvalue weighted by molar-refractivity contribution is 5.65. The topological polar surface area (TPSA) is 23.8 Å². The van der Waals surface area contributed by atoms with Crippen LogP contribution in [0.4, 0.5) is 0 Å². The van der Waals surface area contributed by atoms with E-state index in [1.807, 2.05) is 12.1 Å². The van der Waals surface area contributed by atoms with Crippen molar-refractivity contribution in [3.8, 4) is 29.0 Å². The van der Waals surface area contributed by atoms with E-state index in [0.717, 1.165) is 23.5 Å². The molecule has 0 heterocycles. The molecule has 0 aromatic heterocycles. The Balaban J connectivity index is 1.37. The van der Waals surface area contributed by atoms with Crippen molar-refractivity contribution < 1.29 is 0 Å². The Kier molecular flexibility index (Phi) is 7.22. The van der Waals surface area contributed by atoms with Crippen molar-refractivity contribution in [2.24, 2.45) is 5.92 Å². The maximum absolute atomic E-state index is 8.88. The van der Waals surface area contributed by atoms with Gasteiger partial charge in [0, 0.05) is 11.1 Å². The van der Waals surface area contributed by atoms with Gasteiger partial charge in [-0.3, -0.25) is 0 Å². The van der Waals surface area contributed by atoms with Gasteiger partial charge in [-0.05, 0) is 103 Å². The fraction of sp³-hybridized carbons (Fsp3) is 0.258. The molecule has 1 fully saturated rings. The Morgan fingerprint density at radius 2 is 1.22 bits per heavy atom. The Bertz CT molecular complexity index is 1120. The molecule has 0 unspecified atom stereocenters. The molecule has 3 aromatic rings. The molecule has 3 aromatic carbocycles. The third-order valence-electron chi connectivity index (χ3n) is 6.59. The van der Waals surface area contributed by atoms with Crippen molar-refractivity contribution >= 4 is 0 Å². The second-order valence-electron chi connectivity index (χ2n) is 8.72. The predicted octanol–water partition coefficient (Wildman–Crippen LogP) is 7.87. The van der Waals surface area contributed by atoms with Crippen LogP contribution in [0.2, 0.25) is 0 Å². The summed E-state index contributed by atoms with van der Waals surface area (Å²) >= 11 is 0. The van der Waals surface area contributed by atoms with Crippen LogP contribution in [0.15, 0.2) is 85.5 Å². The molecular weight excluding hydrogens is 386 g/mol. The number of allylic oxidation sites excluding steroid dienone is 1. The molecule has 158 valence electrons. The summed E-state index contributed by atoms with van der Waals surface area (Å²) in [4.78, 5) is 0. The van der Waals surface area contributed by atoms with Gasteiger partial charge in [-0.1, -0.05) is 54.3 Å². The highest BCUT2D eigenvalue weighted by Crippen LogP contribution is 2.38. The lowest BCUT2D eigenvalue weighted by atomic mass is 9.77. The van der Waals surface area contributed by atoms with E-state index in [1.165, 1.54) is 48.8 Å². The Morgan fingerprint density at radius 3 is 1.75 bits per heavy atom. The van der Waals surface area contributed by atoms with Crippen LogP contribution in [0.1, 0.15) is 66.7 Å². The number of benzene rings is 3. The van der Waals surface area contributed by atoms with E-state index in [9.17, 15) is 0 Å². The summed E-state index contributed by atoms with van der Waals surface area (Å²) in [5.41, 5.74) is 6.51. The summed E-state index contributed by atoms with van der Waals surface area (Å²) < 4.78 is 0. The first-order valence-electron chi connectivity index (χ1n) is 11.6. The third kappa shape index (κ3) is 5.57. The first kappa shape index (κ1) is 21.7. The second kappa shape index (κ2) is 10.7. The van der Waals surface area contributed by atoms with Crippen LogP contribution in [0.25, 0.3) is 11.1 Å². The van der Waals surface area contributed by atoms with Crippen molar-refractivity contribution in [2.75, 3.05) is 0 Å². The quantitative estimate of drug-likeness (QED) is 0.307. The minimum absolute atomic E-state index is 0.655. The normalized spacial score (nSPS) is 17.6. The zero-order chi connectivity index (χ0) is 22.2. The molecule has 4 rings (SSSR count). The van der Waals surface area contributed by atoms with Crippen LogP contribution in [0.3, 0.4) is 0 Å². The summed E-state index contributed by atoms with van der Waals surface area (Å²) in [7, 11) is 0. The molecule has 1 aliphatic carbocycles. The van der Waals surface area contributed by atoms with Gasteiger partial charge in [-0.2, -0.15) is 5.26 Å². The fourth-order valence-electron chi connectivity index (χ4n) is 4.60. The van der Waals surface area contributed by atoms with Crippen molar-refractivity contribution in [1.29, 1.82) is 5.26 Å². The molecule has 1 nitrogen and oxygen atoms in total. The zero-order valence-corrected chi connectivity index (χ0v) is 18.6. The first-order valence-corrected chi connectivity index (χ1v) is 11.6. The Hall–Kier alpha value is -3.55. The monoisotopic (exact) mass is 415 g/mol. The minimum atomic E-state index is 0.655. The van der Waals surface area contributed by atoms with E-state index in [4.69, 9.17) is 5.26 Å². The molecule has 0 spiro atoms. The molecule has 0 aliphatic heterocycles. The van der Waals surface area contributed by atoms with Gasteiger partial charge >= 0.3 is 0 Å². The van der Waals surface area contributed by atoms with Gasteiger partial charge in [-0.15, -0.1) is 6.58 Å². The van der Waals surface area contributed by atoms with Crippen LogP contribution >= 0.6 is 0 Å². The van der Waals surface area contributed by atoms with Gasteiger partial charge < -0.3 is 0 Å². The molecule has 0 atom stereocenters. The van der Waals surface area contributed by atoms with Crippen molar-refractivity contribution in [3.63, 3.8) is 0 Å². The summed E-state index contributed by atoms with van der Waals surface area (Å²) in [6.07, 6.45) is 9.85. The number of nitriles is 1. The second-order valence-corrected chi connectivity index (χ2v) is 8.72. The highest BCUT2D eigenvalue weighted by atomic mass is 14.3. The Morgan fingerprint density at radius 1 is 0.719 bits per heavy atom. The number of rotatable bonds is 5. The zero-order valence-electron chi connectivity index (χ0n) is 18.6. The van der Waals surface area contributed by atoms with E-state index in [0.29, 0.717) is 11.5 Å². The summed E-state index contributed by atoms with van der Waals surface area (Å²) in [5, 5.41) is 8.88. The lowest BCUT2D eigenvalue weighted by Gasteiger charge is -2.28. The maximum atomic E-state index is 8.88. The molecular formula is C31H29N. The maximum Gasteiger partial charge on any atom is 0.0991 e. The molecule has 0 radical (unpaired) electrons. The lowest BCUT2D eigenvalue weighted by Crippen LogP contribution is -2.13. The van der Waals surface area contributed by atoms with Crippen molar-refractivity contribution in [3.05, 3.63) is 108 Å². The smallest absolute Gasteiger partial charge is 0.0991 e. The summed E-state index contributed by atoms with van der Waals surface area (Å²) in [6, 6.07) is 27.1. The van der Waals surface area contributed by atoms with Crippen LogP contribution in [-0.2, 0) is 0 Å². The van der Waals surface area contributed by atoms with Crippen LogP contribution in [0, 0.1) is 29.1 Å². The first-order chi connectivity index (χ1) is 15.7. The van der Waals surface area contributed by atoms with Gasteiger partial charge in [0.05, 0.1) is 11.6 Å². The SMILES string of the molecule is C=CCCC1CCC(c2ccc(-c3ccc(C#Cc4ccc(C#N)cc4)cc3)cc2)CC1. The third-order valence-corrected chi connectivity index (χ3v) is 6.59. The van der Waals surface area contributed by atoms with Crippen LogP contribution in [0.5, 0.6) is 0 Å². The van der Waals surface area contributed by atoms with Gasteiger partial charge in [0.1, 0.15) is 0 Å². The molecule has 0 amide bonds. The number of nitrogens with zero attached hydrogens (tertiary/aromatic N) is 1. The van der Waals surface area contributed by atoms with Crippen LogP contribution < -0.4 is 0 Å².